The largest absolute Gasteiger partial charge is 0.392 e. The predicted octanol–water partition coefficient (Wildman–Crippen LogP) is 2.09. The predicted molar refractivity (Wildman–Crippen MR) is 70.2 cm³/mol. The molecule has 16 heavy (non-hydrogen) atoms. The lowest BCUT2D eigenvalue weighted by atomic mass is 9.67. The molecule has 0 aromatic carbocycles. The number of thiocarbonyl (C=S) groups is 1. The topological polar surface area (TPSA) is 46.3 Å². The Morgan fingerprint density at radius 3 is 2.44 bits per heavy atom. The van der Waals surface area contributed by atoms with Gasteiger partial charge in [0.15, 0.2) is 0 Å². The molecule has 1 aliphatic carbocycles. The lowest BCUT2D eigenvalue weighted by Crippen LogP contribution is -2.55. The van der Waals surface area contributed by atoms with Crippen LogP contribution < -0.4 is 5.73 Å². The Balaban J connectivity index is 2.72. The maximum Gasteiger partial charge on any atom is 0.235 e. The average Bonchev–Trinajstić information content (AvgIpc) is 2.14. The van der Waals surface area contributed by atoms with Crippen LogP contribution in [-0.2, 0) is 4.79 Å². The van der Waals surface area contributed by atoms with Gasteiger partial charge in [-0.2, -0.15) is 0 Å². The van der Waals surface area contributed by atoms with Gasteiger partial charge in [0.05, 0.1) is 10.4 Å². The summed E-state index contributed by atoms with van der Waals surface area (Å²) in [5.41, 5.74) is 5.21. The van der Waals surface area contributed by atoms with E-state index in [9.17, 15) is 4.79 Å². The molecule has 3 nitrogen and oxygen atoms in total. The van der Waals surface area contributed by atoms with Gasteiger partial charge in [-0.25, -0.2) is 0 Å². The molecular weight excluding hydrogens is 220 g/mol. The van der Waals surface area contributed by atoms with E-state index >= 15 is 0 Å². The van der Waals surface area contributed by atoms with Crippen molar-refractivity contribution in [1.82, 2.24) is 4.90 Å². The number of hydrogen-bond donors (Lipinski definition) is 1. The van der Waals surface area contributed by atoms with E-state index in [1.165, 1.54) is 0 Å². The summed E-state index contributed by atoms with van der Waals surface area (Å²) in [5, 5.41) is 0. The van der Waals surface area contributed by atoms with Crippen LogP contribution in [0.5, 0.6) is 0 Å². The van der Waals surface area contributed by atoms with Crippen LogP contribution in [0.1, 0.15) is 46.0 Å². The molecule has 0 radical (unpaired) electrons. The Hall–Kier alpha value is -0.640. The quantitative estimate of drug-likeness (QED) is 0.751. The van der Waals surface area contributed by atoms with Gasteiger partial charge in [-0.15, -0.1) is 0 Å². The molecule has 1 aliphatic rings. The van der Waals surface area contributed by atoms with Crippen LogP contribution in [0.3, 0.4) is 0 Å². The number of nitrogens with two attached hydrogens (primary N) is 1. The molecule has 92 valence electrons. The lowest BCUT2D eigenvalue weighted by molar-refractivity contribution is -0.142. The highest BCUT2D eigenvalue weighted by molar-refractivity contribution is 7.80. The molecule has 4 heteroatoms. The minimum atomic E-state index is -0.522. The Morgan fingerprint density at radius 2 is 2.12 bits per heavy atom. The summed E-state index contributed by atoms with van der Waals surface area (Å²) in [6, 6.07) is 0.268. The van der Waals surface area contributed by atoms with Crippen molar-refractivity contribution >= 4 is 23.1 Å². The molecule has 1 fully saturated rings. The average molecular weight is 242 g/mol. The van der Waals surface area contributed by atoms with Crippen molar-refractivity contribution in [1.29, 1.82) is 0 Å². The van der Waals surface area contributed by atoms with Crippen LogP contribution in [0, 0.1) is 5.41 Å². The summed E-state index contributed by atoms with van der Waals surface area (Å²) in [6.45, 7) is 4.20. The van der Waals surface area contributed by atoms with Crippen LogP contribution in [-0.4, -0.2) is 28.9 Å². The molecule has 0 spiro atoms. The molecule has 0 aliphatic heterocycles. The smallest absolute Gasteiger partial charge is 0.235 e. The van der Waals surface area contributed by atoms with Crippen molar-refractivity contribution in [2.24, 2.45) is 11.1 Å². The van der Waals surface area contributed by atoms with Gasteiger partial charge in [0.1, 0.15) is 0 Å². The fourth-order valence-corrected chi connectivity index (χ4v) is 2.54. The summed E-state index contributed by atoms with van der Waals surface area (Å²) in [4.78, 5) is 14.6. The molecule has 1 saturated carbocycles. The van der Waals surface area contributed by atoms with Gasteiger partial charge in [0, 0.05) is 13.1 Å². The second-order valence-corrected chi connectivity index (χ2v) is 5.29. The van der Waals surface area contributed by atoms with Crippen molar-refractivity contribution in [2.45, 2.75) is 52.0 Å². The molecule has 2 N–H and O–H groups in total. The zero-order valence-corrected chi connectivity index (χ0v) is 11.3. The second-order valence-electron chi connectivity index (χ2n) is 4.85. The first-order chi connectivity index (χ1) is 7.45. The van der Waals surface area contributed by atoms with Crippen LogP contribution in [0.4, 0.5) is 0 Å². The molecule has 1 unspecified atom stereocenters. The molecular formula is C12H22N2OS. The maximum atomic E-state index is 12.4. The number of hydrogen-bond acceptors (Lipinski definition) is 2. The summed E-state index contributed by atoms with van der Waals surface area (Å²) in [5.74, 6) is 0.118. The van der Waals surface area contributed by atoms with E-state index in [2.05, 4.69) is 13.8 Å². The molecule has 0 aromatic heterocycles. The third-order valence-corrected chi connectivity index (χ3v) is 4.17. The summed E-state index contributed by atoms with van der Waals surface area (Å²) in [7, 11) is 1.86. The van der Waals surface area contributed by atoms with E-state index in [1.54, 1.807) is 0 Å². The van der Waals surface area contributed by atoms with Crippen LogP contribution in [0.15, 0.2) is 0 Å². The van der Waals surface area contributed by atoms with E-state index in [0.29, 0.717) is 4.99 Å². The van der Waals surface area contributed by atoms with E-state index in [4.69, 9.17) is 18.0 Å². The summed E-state index contributed by atoms with van der Waals surface area (Å²) < 4.78 is 0. The number of carbonyl (C=O) groups is 1. The SMILES string of the molecule is CCCC(C)N(C)C(=O)C1(C(N)=S)CCC1. The minimum Gasteiger partial charge on any atom is -0.392 e. The van der Waals surface area contributed by atoms with Gasteiger partial charge in [-0.05, 0) is 26.2 Å². The van der Waals surface area contributed by atoms with E-state index < -0.39 is 5.41 Å². The monoisotopic (exact) mass is 242 g/mol. The molecule has 0 bridgehead atoms. The van der Waals surface area contributed by atoms with E-state index in [-0.39, 0.29) is 11.9 Å². The normalized spacial score (nSPS) is 19.7. The van der Waals surface area contributed by atoms with Crippen molar-refractivity contribution in [3.63, 3.8) is 0 Å². The van der Waals surface area contributed by atoms with Crippen LogP contribution >= 0.6 is 12.2 Å². The Kier molecular flexibility index (Phi) is 4.30. The summed E-state index contributed by atoms with van der Waals surface area (Å²) >= 11 is 5.06. The minimum absolute atomic E-state index is 0.118. The first kappa shape index (κ1) is 13.4. The third-order valence-electron chi connectivity index (χ3n) is 3.78. The van der Waals surface area contributed by atoms with Gasteiger partial charge in [-0.3, -0.25) is 4.79 Å². The van der Waals surface area contributed by atoms with Crippen LogP contribution in [0.25, 0.3) is 0 Å². The molecule has 0 aromatic rings. The van der Waals surface area contributed by atoms with E-state index in [1.807, 2.05) is 11.9 Å². The Labute approximate surface area is 103 Å². The van der Waals surface area contributed by atoms with Gasteiger partial charge in [-0.1, -0.05) is 32.0 Å². The first-order valence-corrected chi connectivity index (χ1v) is 6.43. The third kappa shape index (κ3) is 2.21. The highest BCUT2D eigenvalue weighted by Gasteiger charge is 2.48. The lowest BCUT2D eigenvalue weighted by Gasteiger charge is -2.43. The highest BCUT2D eigenvalue weighted by atomic mass is 32.1. The maximum absolute atomic E-state index is 12.4. The fourth-order valence-electron chi connectivity index (χ4n) is 2.25. The zero-order chi connectivity index (χ0) is 12.3. The number of nitrogens with zero attached hydrogens (tertiary/aromatic N) is 1. The van der Waals surface area contributed by atoms with Crippen molar-refractivity contribution in [3.8, 4) is 0 Å². The number of rotatable bonds is 5. The number of carbonyl (C=O) groups excluding carboxylic acids is 1. The van der Waals surface area contributed by atoms with Crippen LogP contribution in [0.2, 0.25) is 0 Å². The summed E-state index contributed by atoms with van der Waals surface area (Å²) in [6.07, 6.45) is 4.81. The van der Waals surface area contributed by atoms with Gasteiger partial charge >= 0.3 is 0 Å². The van der Waals surface area contributed by atoms with Crippen molar-refractivity contribution in [3.05, 3.63) is 0 Å². The molecule has 1 rings (SSSR count). The molecule has 0 heterocycles. The Bertz CT molecular complexity index is 287. The van der Waals surface area contributed by atoms with E-state index in [0.717, 1.165) is 32.1 Å². The van der Waals surface area contributed by atoms with Gasteiger partial charge < -0.3 is 10.6 Å². The number of amides is 1. The van der Waals surface area contributed by atoms with Gasteiger partial charge in [0.25, 0.3) is 0 Å². The zero-order valence-electron chi connectivity index (χ0n) is 10.5. The Morgan fingerprint density at radius 1 is 1.56 bits per heavy atom. The first-order valence-electron chi connectivity index (χ1n) is 6.03. The van der Waals surface area contributed by atoms with Crippen molar-refractivity contribution < 1.29 is 4.79 Å². The fraction of sp³-hybridized carbons (Fsp3) is 0.833. The molecule has 1 amide bonds. The molecule has 1 atom stereocenters. The van der Waals surface area contributed by atoms with Crippen molar-refractivity contribution in [2.75, 3.05) is 7.05 Å². The highest BCUT2D eigenvalue weighted by Crippen LogP contribution is 2.43. The second kappa shape index (κ2) is 5.13. The molecule has 0 saturated heterocycles. The standard InChI is InChI=1S/C12H22N2OS/c1-4-6-9(2)14(3)11(15)12(10(13)16)7-5-8-12/h9H,4-8H2,1-3H3,(H2,13,16). The van der Waals surface area contributed by atoms with Gasteiger partial charge in [0.2, 0.25) is 5.91 Å².